The Labute approximate surface area is 115 Å². The summed E-state index contributed by atoms with van der Waals surface area (Å²) in [6, 6.07) is 4.08. The molecule has 0 bridgehead atoms. The van der Waals surface area contributed by atoms with Crippen LogP contribution in [0.5, 0.6) is 11.5 Å². The van der Waals surface area contributed by atoms with Gasteiger partial charge in [-0.2, -0.15) is 0 Å². The highest BCUT2D eigenvalue weighted by molar-refractivity contribution is 5.87. The summed E-state index contributed by atoms with van der Waals surface area (Å²) in [6.07, 6.45) is 1.40. The van der Waals surface area contributed by atoms with Crippen LogP contribution in [-0.2, 0) is 9.53 Å². The molecule has 4 N–H and O–H groups in total. The number of phenolic OH excluding ortho intramolecular Hbond substituents is 2. The fourth-order valence-corrected chi connectivity index (χ4v) is 1.25. The van der Waals surface area contributed by atoms with Crippen LogP contribution in [0.2, 0.25) is 0 Å². The van der Waals surface area contributed by atoms with Gasteiger partial charge < -0.3 is 25.2 Å². The molecule has 6 heteroatoms. The third-order valence-corrected chi connectivity index (χ3v) is 2.46. The van der Waals surface area contributed by atoms with Gasteiger partial charge in [0.15, 0.2) is 11.5 Å². The van der Waals surface area contributed by atoms with Crippen LogP contribution in [0.3, 0.4) is 0 Å². The number of esters is 1. The Kier molecular flexibility index (Phi) is 5.76. The third kappa shape index (κ3) is 4.75. The van der Waals surface area contributed by atoms with E-state index < -0.39 is 18.7 Å². The molecule has 0 heterocycles. The minimum Gasteiger partial charge on any atom is -0.504 e. The van der Waals surface area contributed by atoms with Crippen molar-refractivity contribution in [2.75, 3.05) is 13.2 Å². The fraction of sp³-hybridized carbons (Fsp3) is 0.214. The number of ether oxygens (including phenoxy) is 1. The van der Waals surface area contributed by atoms with Crippen LogP contribution in [0.15, 0.2) is 36.4 Å². The highest BCUT2D eigenvalue weighted by Crippen LogP contribution is 2.25. The smallest absolute Gasteiger partial charge is 0.331 e. The van der Waals surface area contributed by atoms with Crippen molar-refractivity contribution in [1.29, 1.82) is 0 Å². The molecule has 6 nitrogen and oxygen atoms in total. The van der Waals surface area contributed by atoms with Crippen LogP contribution >= 0.6 is 0 Å². The van der Waals surface area contributed by atoms with Crippen molar-refractivity contribution in [3.05, 3.63) is 42.0 Å². The van der Waals surface area contributed by atoms with E-state index in [1.165, 1.54) is 24.3 Å². The summed E-state index contributed by atoms with van der Waals surface area (Å²) in [5, 5.41) is 36.2. The molecule has 0 amide bonds. The molecule has 0 aromatic heterocycles. The van der Waals surface area contributed by atoms with Gasteiger partial charge in [-0.15, -0.1) is 0 Å². The molecule has 1 atom stereocenters. The van der Waals surface area contributed by atoms with E-state index in [0.717, 1.165) is 6.08 Å². The molecular formula is C14H16O6. The Morgan fingerprint density at radius 2 is 2.05 bits per heavy atom. The molecule has 0 fully saturated rings. The summed E-state index contributed by atoms with van der Waals surface area (Å²) in [7, 11) is 0. The Bertz CT molecular complexity index is 520. The van der Waals surface area contributed by atoms with Gasteiger partial charge in [-0.25, -0.2) is 4.79 Å². The SMILES string of the molecule is C=C(COC(=O)C=Cc1ccc(O)c(O)c1)C(O)CO. The number of carbonyl (C=O) groups is 1. The van der Waals surface area contributed by atoms with Crippen molar-refractivity contribution in [3.8, 4) is 11.5 Å². The van der Waals surface area contributed by atoms with E-state index in [4.69, 9.17) is 14.9 Å². The van der Waals surface area contributed by atoms with Gasteiger partial charge in [-0.05, 0) is 29.3 Å². The van der Waals surface area contributed by atoms with Gasteiger partial charge in [-0.1, -0.05) is 12.6 Å². The van der Waals surface area contributed by atoms with E-state index in [0.29, 0.717) is 5.56 Å². The number of rotatable bonds is 6. The average molecular weight is 280 g/mol. The van der Waals surface area contributed by atoms with Crippen molar-refractivity contribution in [3.63, 3.8) is 0 Å². The van der Waals surface area contributed by atoms with Crippen molar-refractivity contribution in [2.24, 2.45) is 0 Å². The Hall–Kier alpha value is -2.31. The molecule has 0 saturated heterocycles. The summed E-state index contributed by atoms with van der Waals surface area (Å²) < 4.78 is 4.79. The Balaban J connectivity index is 2.51. The van der Waals surface area contributed by atoms with Gasteiger partial charge in [0.2, 0.25) is 0 Å². The predicted octanol–water partition coefficient (Wildman–Crippen LogP) is 0.564. The number of hydrogen-bond donors (Lipinski definition) is 4. The van der Waals surface area contributed by atoms with Crippen LogP contribution < -0.4 is 0 Å². The molecule has 0 saturated carbocycles. The first-order valence-corrected chi connectivity index (χ1v) is 5.77. The van der Waals surface area contributed by atoms with Gasteiger partial charge in [0, 0.05) is 6.08 Å². The number of phenols is 2. The topological polar surface area (TPSA) is 107 Å². The Morgan fingerprint density at radius 1 is 1.35 bits per heavy atom. The number of aromatic hydroxyl groups is 2. The molecule has 108 valence electrons. The maximum absolute atomic E-state index is 11.4. The second-order valence-electron chi connectivity index (χ2n) is 4.05. The minimum atomic E-state index is -1.12. The molecule has 1 aromatic carbocycles. The van der Waals surface area contributed by atoms with Crippen LogP contribution in [-0.4, -0.2) is 45.7 Å². The van der Waals surface area contributed by atoms with Crippen LogP contribution in [0.25, 0.3) is 6.08 Å². The molecule has 0 aliphatic rings. The highest BCUT2D eigenvalue weighted by Gasteiger charge is 2.08. The van der Waals surface area contributed by atoms with Gasteiger partial charge >= 0.3 is 5.97 Å². The lowest BCUT2D eigenvalue weighted by Gasteiger charge is -2.10. The van der Waals surface area contributed by atoms with Crippen LogP contribution in [0.1, 0.15) is 5.56 Å². The standard InChI is InChI=1S/C14H16O6/c1-9(13(18)7-15)8-20-14(19)5-3-10-2-4-11(16)12(17)6-10/h2-6,13,15-18H,1,7-8H2. The number of carbonyl (C=O) groups excluding carboxylic acids is 1. The second-order valence-corrected chi connectivity index (χ2v) is 4.05. The fourth-order valence-electron chi connectivity index (χ4n) is 1.25. The lowest BCUT2D eigenvalue weighted by Crippen LogP contribution is -2.19. The largest absolute Gasteiger partial charge is 0.504 e. The van der Waals surface area contributed by atoms with E-state index in [9.17, 15) is 15.0 Å². The molecule has 1 aromatic rings. The number of hydrogen-bond acceptors (Lipinski definition) is 6. The van der Waals surface area contributed by atoms with E-state index >= 15 is 0 Å². The predicted molar refractivity (Wildman–Crippen MR) is 72.0 cm³/mol. The average Bonchev–Trinajstić information content (AvgIpc) is 2.45. The third-order valence-electron chi connectivity index (χ3n) is 2.46. The van der Waals surface area contributed by atoms with Gasteiger partial charge in [0.25, 0.3) is 0 Å². The van der Waals surface area contributed by atoms with E-state index in [1.54, 1.807) is 0 Å². The molecule has 20 heavy (non-hydrogen) atoms. The number of aliphatic hydroxyl groups excluding tert-OH is 2. The molecule has 0 aliphatic heterocycles. The zero-order valence-corrected chi connectivity index (χ0v) is 10.7. The summed E-state index contributed by atoms with van der Waals surface area (Å²) >= 11 is 0. The van der Waals surface area contributed by atoms with E-state index in [-0.39, 0.29) is 23.7 Å². The molecule has 0 spiro atoms. The first-order valence-electron chi connectivity index (χ1n) is 5.77. The normalized spacial score (nSPS) is 12.3. The number of aliphatic hydroxyl groups is 2. The molecule has 0 aliphatic carbocycles. The van der Waals surface area contributed by atoms with Crippen LogP contribution in [0.4, 0.5) is 0 Å². The number of benzene rings is 1. The monoisotopic (exact) mass is 280 g/mol. The Morgan fingerprint density at radius 3 is 2.65 bits per heavy atom. The van der Waals surface area contributed by atoms with Crippen molar-refractivity contribution >= 4 is 12.0 Å². The van der Waals surface area contributed by atoms with E-state index in [2.05, 4.69) is 6.58 Å². The summed E-state index contributed by atoms with van der Waals surface area (Å²) in [5.74, 6) is -1.21. The zero-order chi connectivity index (χ0) is 15.1. The lowest BCUT2D eigenvalue weighted by molar-refractivity contribution is -0.137. The van der Waals surface area contributed by atoms with Gasteiger partial charge in [0.05, 0.1) is 6.61 Å². The molecule has 1 unspecified atom stereocenters. The van der Waals surface area contributed by atoms with Crippen LogP contribution in [0, 0.1) is 0 Å². The first kappa shape index (κ1) is 15.7. The van der Waals surface area contributed by atoms with Crippen molar-refractivity contribution in [2.45, 2.75) is 6.10 Å². The lowest BCUT2D eigenvalue weighted by atomic mass is 10.2. The van der Waals surface area contributed by atoms with Crippen molar-refractivity contribution in [1.82, 2.24) is 0 Å². The van der Waals surface area contributed by atoms with Gasteiger partial charge in [-0.3, -0.25) is 0 Å². The second kappa shape index (κ2) is 7.32. The first-order chi connectivity index (χ1) is 9.43. The molecule has 0 radical (unpaired) electrons. The minimum absolute atomic E-state index is 0.191. The molecular weight excluding hydrogens is 264 g/mol. The summed E-state index contributed by atoms with van der Waals surface area (Å²) in [5.41, 5.74) is 0.697. The van der Waals surface area contributed by atoms with E-state index in [1.807, 2.05) is 0 Å². The maximum atomic E-state index is 11.4. The molecule has 1 rings (SSSR count). The highest BCUT2D eigenvalue weighted by atomic mass is 16.5. The summed E-state index contributed by atoms with van der Waals surface area (Å²) in [4.78, 5) is 11.4. The van der Waals surface area contributed by atoms with Gasteiger partial charge in [0.1, 0.15) is 12.7 Å². The maximum Gasteiger partial charge on any atom is 0.331 e. The summed E-state index contributed by atoms with van der Waals surface area (Å²) in [6.45, 7) is 2.78. The van der Waals surface area contributed by atoms with Crippen molar-refractivity contribution < 1.29 is 30.0 Å². The zero-order valence-electron chi connectivity index (χ0n) is 10.7. The quantitative estimate of drug-likeness (QED) is 0.262.